The summed E-state index contributed by atoms with van der Waals surface area (Å²) in [6, 6.07) is 21.8. The predicted octanol–water partition coefficient (Wildman–Crippen LogP) is 5.57. The first-order chi connectivity index (χ1) is 16.9. The number of amides is 1. The molecule has 4 rings (SSSR count). The van der Waals surface area contributed by atoms with Crippen molar-refractivity contribution in [3.63, 3.8) is 0 Å². The summed E-state index contributed by atoms with van der Waals surface area (Å²) in [6.07, 6.45) is 2.41. The predicted molar refractivity (Wildman–Crippen MR) is 142 cm³/mol. The second-order valence-corrected chi connectivity index (χ2v) is 8.99. The average molecular weight is 533 g/mol. The lowest BCUT2D eigenvalue weighted by Crippen LogP contribution is -2.23. The number of hydrogen-bond acceptors (Lipinski definition) is 5. The summed E-state index contributed by atoms with van der Waals surface area (Å²) in [6.45, 7) is 3.94. The Morgan fingerprint density at radius 2 is 1.94 bits per heavy atom. The maximum absolute atomic E-state index is 13.3. The van der Waals surface area contributed by atoms with Gasteiger partial charge in [-0.3, -0.25) is 9.59 Å². The Kier molecular flexibility index (Phi) is 7.72. The SMILES string of the molecule is CC[C@@H](C)c1nc2ccc(Br)cc2c(=O)n1N=Cc1cccc(OCC(=O)Nc2ccccc2)c1. The standard InChI is InChI=1S/C27H25BrN4O3/c1-3-18(2)26-31-24-13-12-20(28)15-23(24)27(34)32(26)29-16-19-8-7-11-22(14-19)35-17-25(33)30-21-9-5-4-6-10-21/h4-16,18H,3,17H2,1-2H3,(H,30,33)/t18-/m1/s1. The third-order valence-electron chi connectivity index (χ3n) is 5.49. The number of benzene rings is 3. The van der Waals surface area contributed by atoms with Crippen molar-refractivity contribution in [2.24, 2.45) is 5.10 Å². The Morgan fingerprint density at radius 3 is 2.71 bits per heavy atom. The molecule has 0 unspecified atom stereocenters. The van der Waals surface area contributed by atoms with Crippen LogP contribution in [0.25, 0.3) is 10.9 Å². The number of carbonyl (C=O) groups is 1. The van der Waals surface area contributed by atoms with E-state index in [0.717, 1.165) is 16.5 Å². The van der Waals surface area contributed by atoms with Crippen LogP contribution in [0, 0.1) is 0 Å². The average Bonchev–Trinajstić information content (AvgIpc) is 2.87. The van der Waals surface area contributed by atoms with Crippen LogP contribution in [-0.4, -0.2) is 28.4 Å². The zero-order chi connectivity index (χ0) is 24.8. The molecule has 0 fully saturated rings. The Morgan fingerprint density at radius 1 is 1.14 bits per heavy atom. The van der Waals surface area contributed by atoms with Crippen LogP contribution in [0.1, 0.15) is 37.6 Å². The van der Waals surface area contributed by atoms with Crippen molar-refractivity contribution in [2.45, 2.75) is 26.2 Å². The molecular formula is C27H25BrN4O3. The number of fused-ring (bicyclic) bond motifs is 1. The van der Waals surface area contributed by atoms with Crippen molar-refractivity contribution in [2.75, 3.05) is 11.9 Å². The second-order valence-electron chi connectivity index (χ2n) is 8.08. The number of aromatic nitrogens is 2. The van der Waals surface area contributed by atoms with Gasteiger partial charge in [0.1, 0.15) is 11.6 Å². The Balaban J connectivity index is 1.55. The van der Waals surface area contributed by atoms with E-state index in [4.69, 9.17) is 9.72 Å². The molecule has 0 spiro atoms. The van der Waals surface area contributed by atoms with Crippen LogP contribution in [0.3, 0.4) is 0 Å². The number of hydrogen-bond donors (Lipinski definition) is 1. The maximum atomic E-state index is 13.3. The molecule has 3 aromatic carbocycles. The molecule has 0 aliphatic heterocycles. The van der Waals surface area contributed by atoms with E-state index in [-0.39, 0.29) is 24.0 Å². The van der Waals surface area contributed by atoms with E-state index in [1.165, 1.54) is 4.68 Å². The molecule has 1 N–H and O–H groups in total. The topological polar surface area (TPSA) is 85.6 Å². The van der Waals surface area contributed by atoms with Gasteiger partial charge in [-0.15, -0.1) is 0 Å². The molecule has 1 atom stereocenters. The van der Waals surface area contributed by atoms with Crippen LogP contribution in [0.5, 0.6) is 5.75 Å². The quantitative estimate of drug-likeness (QED) is 0.300. The first-order valence-electron chi connectivity index (χ1n) is 11.3. The van der Waals surface area contributed by atoms with Crippen LogP contribution in [0.4, 0.5) is 5.69 Å². The van der Waals surface area contributed by atoms with Gasteiger partial charge in [-0.25, -0.2) is 4.98 Å². The third kappa shape index (κ3) is 6.02. The van der Waals surface area contributed by atoms with Gasteiger partial charge < -0.3 is 10.1 Å². The summed E-state index contributed by atoms with van der Waals surface area (Å²) >= 11 is 3.42. The fourth-order valence-electron chi connectivity index (χ4n) is 3.46. The molecule has 0 radical (unpaired) electrons. The maximum Gasteiger partial charge on any atom is 0.282 e. The molecule has 0 saturated carbocycles. The fourth-order valence-corrected chi connectivity index (χ4v) is 3.82. The van der Waals surface area contributed by atoms with Crippen LogP contribution in [-0.2, 0) is 4.79 Å². The highest BCUT2D eigenvalue weighted by atomic mass is 79.9. The summed E-state index contributed by atoms with van der Waals surface area (Å²) in [5, 5.41) is 7.76. The molecule has 7 nitrogen and oxygen atoms in total. The highest BCUT2D eigenvalue weighted by Crippen LogP contribution is 2.21. The highest BCUT2D eigenvalue weighted by Gasteiger charge is 2.15. The number of rotatable bonds is 8. The van der Waals surface area contributed by atoms with Crippen molar-refractivity contribution < 1.29 is 9.53 Å². The molecule has 4 aromatic rings. The van der Waals surface area contributed by atoms with E-state index in [1.807, 2.05) is 62.4 Å². The number of carbonyl (C=O) groups excluding carboxylic acids is 1. The number of halogens is 1. The number of nitrogens with zero attached hydrogens (tertiary/aromatic N) is 3. The van der Waals surface area contributed by atoms with Gasteiger partial charge in [0.2, 0.25) is 0 Å². The van der Waals surface area contributed by atoms with E-state index in [1.54, 1.807) is 30.5 Å². The lowest BCUT2D eigenvalue weighted by Gasteiger charge is -2.14. The zero-order valence-corrected chi connectivity index (χ0v) is 21.0. The number of para-hydroxylation sites is 1. The fraction of sp³-hybridized carbons (Fsp3) is 0.185. The van der Waals surface area contributed by atoms with Crippen molar-refractivity contribution in [1.29, 1.82) is 0 Å². The van der Waals surface area contributed by atoms with Crippen LogP contribution in [0.15, 0.2) is 87.2 Å². The largest absolute Gasteiger partial charge is 0.484 e. The van der Waals surface area contributed by atoms with Crippen molar-refractivity contribution >= 4 is 44.6 Å². The molecule has 1 heterocycles. The Labute approximate surface area is 211 Å². The third-order valence-corrected chi connectivity index (χ3v) is 5.99. The van der Waals surface area contributed by atoms with Gasteiger partial charge in [0.15, 0.2) is 6.61 Å². The van der Waals surface area contributed by atoms with E-state index in [9.17, 15) is 9.59 Å². The smallest absolute Gasteiger partial charge is 0.282 e. The van der Waals surface area contributed by atoms with Crippen molar-refractivity contribution in [1.82, 2.24) is 9.66 Å². The van der Waals surface area contributed by atoms with Crippen LogP contribution < -0.4 is 15.6 Å². The van der Waals surface area contributed by atoms with Gasteiger partial charge in [0.05, 0.1) is 17.1 Å². The first kappa shape index (κ1) is 24.3. The van der Waals surface area contributed by atoms with Crippen LogP contribution >= 0.6 is 15.9 Å². The van der Waals surface area contributed by atoms with E-state index in [0.29, 0.717) is 28.2 Å². The Bertz CT molecular complexity index is 1430. The molecule has 1 amide bonds. The molecule has 1 aromatic heterocycles. The minimum Gasteiger partial charge on any atom is -0.484 e. The van der Waals surface area contributed by atoms with Gasteiger partial charge >= 0.3 is 0 Å². The van der Waals surface area contributed by atoms with Crippen molar-refractivity contribution in [3.8, 4) is 5.75 Å². The Hall–Kier alpha value is -3.78. The first-order valence-corrected chi connectivity index (χ1v) is 12.1. The number of ether oxygens (including phenoxy) is 1. The van der Waals surface area contributed by atoms with E-state index in [2.05, 4.69) is 26.3 Å². The molecule has 8 heteroatoms. The molecule has 0 saturated heterocycles. The van der Waals surface area contributed by atoms with Gasteiger partial charge in [-0.05, 0) is 54.4 Å². The molecule has 35 heavy (non-hydrogen) atoms. The van der Waals surface area contributed by atoms with Gasteiger partial charge in [-0.2, -0.15) is 9.78 Å². The molecule has 0 bridgehead atoms. The second kappa shape index (κ2) is 11.1. The minimum atomic E-state index is -0.256. The molecular weight excluding hydrogens is 508 g/mol. The number of nitrogens with one attached hydrogen (secondary N) is 1. The van der Waals surface area contributed by atoms with Crippen LogP contribution in [0.2, 0.25) is 0 Å². The lowest BCUT2D eigenvalue weighted by molar-refractivity contribution is -0.118. The summed E-state index contributed by atoms with van der Waals surface area (Å²) in [4.78, 5) is 30.1. The summed E-state index contributed by atoms with van der Waals surface area (Å²) in [7, 11) is 0. The zero-order valence-electron chi connectivity index (χ0n) is 19.4. The highest BCUT2D eigenvalue weighted by molar-refractivity contribution is 9.10. The van der Waals surface area contributed by atoms with E-state index >= 15 is 0 Å². The summed E-state index contributed by atoms with van der Waals surface area (Å²) in [5.74, 6) is 0.917. The van der Waals surface area contributed by atoms with E-state index < -0.39 is 0 Å². The lowest BCUT2D eigenvalue weighted by atomic mass is 10.1. The van der Waals surface area contributed by atoms with Gasteiger partial charge in [0.25, 0.3) is 11.5 Å². The minimum absolute atomic E-state index is 0.0469. The summed E-state index contributed by atoms with van der Waals surface area (Å²) in [5.41, 5.74) is 1.85. The normalized spacial score (nSPS) is 12.1. The molecule has 0 aliphatic rings. The number of anilines is 1. The molecule has 178 valence electrons. The van der Waals surface area contributed by atoms with Gasteiger partial charge in [-0.1, -0.05) is 60.1 Å². The monoisotopic (exact) mass is 532 g/mol. The van der Waals surface area contributed by atoms with Gasteiger partial charge in [0, 0.05) is 16.1 Å². The molecule has 0 aliphatic carbocycles. The summed E-state index contributed by atoms with van der Waals surface area (Å²) < 4.78 is 7.81. The van der Waals surface area contributed by atoms with Crippen molar-refractivity contribution in [3.05, 3.63) is 99.0 Å².